The van der Waals surface area contributed by atoms with Gasteiger partial charge in [0, 0.05) is 32.3 Å². The maximum Gasteiger partial charge on any atom is 0.143 e. The van der Waals surface area contributed by atoms with Crippen molar-refractivity contribution in [2.45, 2.75) is 19.3 Å². The lowest BCUT2D eigenvalue weighted by Gasteiger charge is -2.24. The van der Waals surface area contributed by atoms with Crippen molar-refractivity contribution in [1.82, 2.24) is 0 Å². The Morgan fingerprint density at radius 1 is 0.429 bits per heavy atom. The number of furan rings is 2. The molecule has 0 radical (unpaired) electrons. The number of benzene rings is 8. The highest BCUT2D eigenvalue weighted by molar-refractivity contribution is 6.19. The number of rotatable bonds is 2. The molecular formula is C47H30O2. The number of fused-ring (bicyclic) bond motifs is 13. The van der Waals surface area contributed by atoms with Crippen LogP contribution in [0.3, 0.4) is 0 Å². The van der Waals surface area contributed by atoms with Crippen molar-refractivity contribution in [2.24, 2.45) is 0 Å². The standard InChI is InChI=1S/C47H30O2/c1-47(2)39-26-30(31-15-9-17-42-43(31)36-22-18-27-10-3-6-13-33(27)46(36)49-42)19-21-35(39)44-37(24-28-11-4-5-12-32(28)45(44)47)29-20-23-41-38(25-29)34-14-7-8-16-40(34)48-41/h3-26H,1-2H3. The summed E-state index contributed by atoms with van der Waals surface area (Å²) in [5.74, 6) is 0. The molecule has 0 atom stereocenters. The van der Waals surface area contributed by atoms with E-state index in [-0.39, 0.29) is 5.41 Å². The van der Waals surface area contributed by atoms with Crippen LogP contribution in [0.2, 0.25) is 0 Å². The highest BCUT2D eigenvalue weighted by Crippen LogP contribution is 2.56. The van der Waals surface area contributed by atoms with Gasteiger partial charge in [-0.25, -0.2) is 0 Å². The summed E-state index contributed by atoms with van der Waals surface area (Å²) in [4.78, 5) is 0. The van der Waals surface area contributed by atoms with Crippen LogP contribution in [0.1, 0.15) is 25.0 Å². The van der Waals surface area contributed by atoms with Crippen molar-refractivity contribution in [1.29, 1.82) is 0 Å². The summed E-state index contributed by atoms with van der Waals surface area (Å²) >= 11 is 0. The highest BCUT2D eigenvalue weighted by Gasteiger charge is 2.39. The first kappa shape index (κ1) is 26.9. The summed E-state index contributed by atoms with van der Waals surface area (Å²) in [5.41, 5.74) is 13.7. The Hall–Kier alpha value is -6.12. The van der Waals surface area contributed by atoms with Crippen molar-refractivity contribution in [3.05, 3.63) is 157 Å². The maximum absolute atomic E-state index is 6.57. The average Bonchev–Trinajstić information content (AvgIpc) is 3.79. The molecule has 0 unspecified atom stereocenters. The fraction of sp³-hybridized carbons (Fsp3) is 0.0638. The van der Waals surface area contributed by atoms with E-state index in [0.717, 1.165) is 43.9 Å². The molecule has 0 N–H and O–H groups in total. The van der Waals surface area contributed by atoms with E-state index in [1.165, 1.54) is 66.1 Å². The van der Waals surface area contributed by atoms with Gasteiger partial charge in [-0.1, -0.05) is 117 Å². The minimum Gasteiger partial charge on any atom is -0.456 e. The van der Waals surface area contributed by atoms with Crippen molar-refractivity contribution >= 4 is 65.4 Å². The molecule has 1 aliphatic rings. The van der Waals surface area contributed by atoms with Crippen LogP contribution in [0.25, 0.3) is 98.8 Å². The second-order valence-corrected chi connectivity index (χ2v) is 14.0. The first-order valence-corrected chi connectivity index (χ1v) is 17.0. The fourth-order valence-corrected chi connectivity index (χ4v) is 8.77. The Labute approximate surface area is 282 Å². The van der Waals surface area contributed by atoms with Crippen molar-refractivity contribution in [3.8, 4) is 33.4 Å². The molecule has 8 aromatic carbocycles. The second kappa shape index (κ2) is 9.49. The van der Waals surface area contributed by atoms with Crippen LogP contribution < -0.4 is 0 Å². The molecular weight excluding hydrogens is 597 g/mol. The largest absolute Gasteiger partial charge is 0.456 e. The lowest BCUT2D eigenvalue weighted by Crippen LogP contribution is -2.15. The lowest BCUT2D eigenvalue weighted by molar-refractivity contribution is 0.666. The van der Waals surface area contributed by atoms with Gasteiger partial charge in [-0.3, -0.25) is 0 Å². The number of hydrogen-bond acceptors (Lipinski definition) is 2. The molecule has 0 saturated heterocycles. The Morgan fingerprint density at radius 3 is 2.04 bits per heavy atom. The molecule has 10 aromatic rings. The van der Waals surface area contributed by atoms with Gasteiger partial charge in [-0.05, 0) is 103 Å². The minimum atomic E-state index is -0.217. The monoisotopic (exact) mass is 626 g/mol. The first-order valence-electron chi connectivity index (χ1n) is 17.0. The molecule has 2 heteroatoms. The van der Waals surface area contributed by atoms with Crippen molar-refractivity contribution in [2.75, 3.05) is 0 Å². The topological polar surface area (TPSA) is 26.3 Å². The van der Waals surface area contributed by atoms with Gasteiger partial charge in [0.25, 0.3) is 0 Å². The van der Waals surface area contributed by atoms with E-state index in [9.17, 15) is 0 Å². The van der Waals surface area contributed by atoms with Crippen LogP contribution in [0, 0.1) is 0 Å². The third-order valence-electron chi connectivity index (χ3n) is 11.0. The minimum absolute atomic E-state index is 0.217. The van der Waals surface area contributed by atoms with Gasteiger partial charge >= 0.3 is 0 Å². The van der Waals surface area contributed by atoms with Crippen LogP contribution in [-0.4, -0.2) is 0 Å². The zero-order valence-corrected chi connectivity index (χ0v) is 27.2. The maximum atomic E-state index is 6.57. The molecule has 0 amide bonds. The summed E-state index contributed by atoms with van der Waals surface area (Å²) < 4.78 is 12.8. The van der Waals surface area contributed by atoms with Crippen LogP contribution in [0.15, 0.2) is 154 Å². The summed E-state index contributed by atoms with van der Waals surface area (Å²) in [6, 6.07) is 52.7. The Kier molecular flexibility index (Phi) is 5.21. The van der Waals surface area contributed by atoms with Gasteiger partial charge < -0.3 is 8.83 Å². The van der Waals surface area contributed by atoms with E-state index in [1.807, 2.05) is 12.1 Å². The lowest BCUT2D eigenvalue weighted by atomic mass is 9.78. The number of hydrogen-bond donors (Lipinski definition) is 0. The van der Waals surface area contributed by atoms with E-state index >= 15 is 0 Å². The SMILES string of the molecule is CC1(C)c2cc(-c3cccc4oc5c6ccccc6ccc5c34)ccc2-c2c(-c3ccc4oc5ccccc5c4c3)cc3ccccc3c21. The summed E-state index contributed by atoms with van der Waals surface area (Å²) in [6.07, 6.45) is 0. The summed E-state index contributed by atoms with van der Waals surface area (Å²) in [7, 11) is 0. The van der Waals surface area contributed by atoms with Gasteiger partial charge in [0.1, 0.15) is 22.3 Å². The van der Waals surface area contributed by atoms with Gasteiger partial charge in [0.05, 0.1) is 0 Å². The van der Waals surface area contributed by atoms with Crippen LogP contribution >= 0.6 is 0 Å². The summed E-state index contributed by atoms with van der Waals surface area (Å²) in [6.45, 7) is 4.79. The Bertz CT molecular complexity index is 3020. The zero-order chi connectivity index (χ0) is 32.4. The van der Waals surface area contributed by atoms with Gasteiger partial charge in [-0.15, -0.1) is 0 Å². The van der Waals surface area contributed by atoms with Crippen molar-refractivity contribution < 1.29 is 8.83 Å². The first-order chi connectivity index (χ1) is 24.0. The van der Waals surface area contributed by atoms with Crippen molar-refractivity contribution in [3.63, 3.8) is 0 Å². The molecule has 0 spiro atoms. The van der Waals surface area contributed by atoms with Crippen LogP contribution in [0.5, 0.6) is 0 Å². The van der Waals surface area contributed by atoms with Gasteiger partial charge in [0.15, 0.2) is 0 Å². The molecule has 1 aliphatic carbocycles. The normalized spacial score (nSPS) is 13.7. The molecule has 0 saturated carbocycles. The predicted molar refractivity (Wildman–Crippen MR) is 204 cm³/mol. The van der Waals surface area contributed by atoms with E-state index in [0.29, 0.717) is 0 Å². The van der Waals surface area contributed by atoms with Crippen LogP contribution in [0.4, 0.5) is 0 Å². The molecule has 49 heavy (non-hydrogen) atoms. The predicted octanol–water partition coefficient (Wildman–Crippen LogP) is 13.4. The quantitative estimate of drug-likeness (QED) is 0.191. The Balaban J connectivity index is 1.16. The third-order valence-corrected chi connectivity index (χ3v) is 11.0. The smallest absolute Gasteiger partial charge is 0.143 e. The van der Waals surface area contributed by atoms with Gasteiger partial charge in [0.2, 0.25) is 0 Å². The molecule has 0 aliphatic heterocycles. The molecule has 0 bridgehead atoms. The Morgan fingerprint density at radius 2 is 1.14 bits per heavy atom. The molecule has 2 nitrogen and oxygen atoms in total. The van der Waals surface area contributed by atoms with E-state index in [4.69, 9.17) is 8.83 Å². The van der Waals surface area contributed by atoms with Crippen LogP contribution in [-0.2, 0) is 5.41 Å². The average molecular weight is 627 g/mol. The van der Waals surface area contributed by atoms with E-state index < -0.39 is 0 Å². The van der Waals surface area contributed by atoms with E-state index in [2.05, 4.69) is 147 Å². The molecule has 2 heterocycles. The molecule has 0 fully saturated rings. The summed E-state index contributed by atoms with van der Waals surface area (Å²) in [5, 5.41) is 9.53. The second-order valence-electron chi connectivity index (χ2n) is 14.0. The fourth-order valence-electron chi connectivity index (χ4n) is 8.77. The third kappa shape index (κ3) is 3.61. The van der Waals surface area contributed by atoms with Gasteiger partial charge in [-0.2, -0.15) is 0 Å². The highest BCUT2D eigenvalue weighted by atomic mass is 16.3. The molecule has 11 rings (SSSR count). The number of para-hydroxylation sites is 1. The van der Waals surface area contributed by atoms with E-state index in [1.54, 1.807) is 0 Å². The zero-order valence-electron chi connectivity index (χ0n) is 27.2. The molecule has 230 valence electrons. The molecule has 2 aromatic heterocycles.